The van der Waals surface area contributed by atoms with Crippen molar-refractivity contribution in [3.05, 3.63) is 18.0 Å². The lowest BCUT2D eigenvalue weighted by Gasteiger charge is -2.08. The highest BCUT2D eigenvalue weighted by molar-refractivity contribution is 5.92. The van der Waals surface area contributed by atoms with E-state index in [1.807, 2.05) is 0 Å². The minimum Gasteiger partial charge on any atom is -0.381 e. The smallest absolute Gasteiger partial charge is 0.269 e. The molecule has 0 fully saturated rings. The number of aromatic nitrogens is 2. The minimum absolute atomic E-state index is 0.209. The Balaban J connectivity index is 2.51. The maximum Gasteiger partial charge on any atom is 0.269 e. The number of rotatable bonds is 4. The van der Waals surface area contributed by atoms with Crippen LogP contribution in [0.15, 0.2) is 12.3 Å². The van der Waals surface area contributed by atoms with Gasteiger partial charge in [0.05, 0.1) is 6.54 Å². The molecule has 1 rings (SSSR count). The molecule has 1 atom stereocenters. The molecule has 7 nitrogen and oxygen atoms in total. The molecule has 1 aromatic rings. The van der Waals surface area contributed by atoms with Crippen molar-refractivity contribution in [1.29, 1.82) is 0 Å². The van der Waals surface area contributed by atoms with E-state index in [0.717, 1.165) is 0 Å². The number of nitrogens with zero attached hydrogens (tertiary/aromatic N) is 2. The lowest BCUT2D eigenvalue weighted by atomic mass is 10.3. The van der Waals surface area contributed by atoms with Gasteiger partial charge in [-0.2, -0.15) is 5.10 Å². The quantitative estimate of drug-likeness (QED) is 0.535. The van der Waals surface area contributed by atoms with E-state index < -0.39 is 17.9 Å². The second kappa shape index (κ2) is 4.56. The SMILES string of the molecule is Cn1nccc1C(=O)NCC(O)C(N)=O. The molecule has 0 saturated carbocycles. The van der Waals surface area contributed by atoms with Gasteiger partial charge in [-0.05, 0) is 6.07 Å². The molecule has 0 aliphatic rings. The van der Waals surface area contributed by atoms with E-state index in [9.17, 15) is 9.59 Å². The van der Waals surface area contributed by atoms with Crippen molar-refractivity contribution >= 4 is 11.8 Å². The predicted molar refractivity (Wildman–Crippen MR) is 50.7 cm³/mol. The molecule has 0 saturated heterocycles. The Hall–Kier alpha value is -1.89. The molecular formula is C8H12N4O3. The molecule has 0 aliphatic carbocycles. The van der Waals surface area contributed by atoms with Crippen molar-refractivity contribution in [2.45, 2.75) is 6.10 Å². The highest BCUT2D eigenvalue weighted by Gasteiger charge is 2.14. The number of primary amides is 1. The number of nitrogens with one attached hydrogen (secondary N) is 1. The number of carbonyl (C=O) groups excluding carboxylic acids is 2. The van der Waals surface area contributed by atoms with E-state index in [2.05, 4.69) is 10.4 Å². The van der Waals surface area contributed by atoms with E-state index in [1.165, 1.54) is 16.9 Å². The number of aliphatic hydroxyl groups is 1. The van der Waals surface area contributed by atoms with Gasteiger partial charge in [0.1, 0.15) is 11.8 Å². The molecule has 0 aromatic carbocycles. The molecule has 7 heteroatoms. The molecule has 4 N–H and O–H groups in total. The van der Waals surface area contributed by atoms with E-state index >= 15 is 0 Å². The molecule has 0 aliphatic heterocycles. The number of aliphatic hydroxyl groups excluding tert-OH is 1. The molecule has 1 heterocycles. The summed E-state index contributed by atoms with van der Waals surface area (Å²) in [7, 11) is 1.61. The van der Waals surface area contributed by atoms with Crippen LogP contribution in [0.4, 0.5) is 0 Å². The van der Waals surface area contributed by atoms with Gasteiger partial charge in [0.15, 0.2) is 0 Å². The average Bonchev–Trinajstić information content (AvgIpc) is 2.60. The van der Waals surface area contributed by atoms with E-state index in [0.29, 0.717) is 5.69 Å². The van der Waals surface area contributed by atoms with Gasteiger partial charge in [-0.3, -0.25) is 14.3 Å². The molecule has 1 aromatic heterocycles. The van der Waals surface area contributed by atoms with Crippen LogP contribution in [0.3, 0.4) is 0 Å². The number of hydrogen-bond acceptors (Lipinski definition) is 4. The summed E-state index contributed by atoms with van der Waals surface area (Å²) in [4.78, 5) is 21.9. The fourth-order valence-corrected chi connectivity index (χ4v) is 0.977. The van der Waals surface area contributed by atoms with Crippen LogP contribution in [0.2, 0.25) is 0 Å². The van der Waals surface area contributed by atoms with Crippen LogP contribution < -0.4 is 11.1 Å². The van der Waals surface area contributed by atoms with Crippen LogP contribution >= 0.6 is 0 Å². The number of carbonyl (C=O) groups is 2. The molecule has 1 unspecified atom stereocenters. The number of hydrogen-bond donors (Lipinski definition) is 3. The van der Waals surface area contributed by atoms with Crippen molar-refractivity contribution in [1.82, 2.24) is 15.1 Å². The lowest BCUT2D eigenvalue weighted by Crippen LogP contribution is -2.40. The van der Waals surface area contributed by atoms with Crippen LogP contribution in [0.25, 0.3) is 0 Å². The van der Waals surface area contributed by atoms with E-state index in [4.69, 9.17) is 10.8 Å². The van der Waals surface area contributed by atoms with Crippen LogP contribution in [0, 0.1) is 0 Å². The zero-order valence-electron chi connectivity index (χ0n) is 8.17. The van der Waals surface area contributed by atoms with Gasteiger partial charge in [0, 0.05) is 13.2 Å². The summed E-state index contributed by atoms with van der Waals surface area (Å²) in [5, 5.41) is 15.2. The normalized spacial score (nSPS) is 12.1. The largest absolute Gasteiger partial charge is 0.381 e. The fraction of sp³-hybridized carbons (Fsp3) is 0.375. The first-order valence-corrected chi connectivity index (χ1v) is 4.26. The molecule has 0 bridgehead atoms. The maximum atomic E-state index is 11.4. The molecule has 82 valence electrons. The summed E-state index contributed by atoms with van der Waals surface area (Å²) in [5.74, 6) is -1.30. The molecule has 15 heavy (non-hydrogen) atoms. The van der Waals surface area contributed by atoms with Gasteiger partial charge in [-0.1, -0.05) is 0 Å². The third-order valence-electron chi connectivity index (χ3n) is 1.84. The Labute approximate surface area is 85.9 Å². The summed E-state index contributed by atoms with van der Waals surface area (Å²) < 4.78 is 1.38. The molecule has 2 amide bonds. The summed E-state index contributed by atoms with van der Waals surface area (Å²) in [6.07, 6.45) is 0.0987. The summed E-state index contributed by atoms with van der Waals surface area (Å²) in [5.41, 5.74) is 5.15. The third kappa shape index (κ3) is 2.78. The topological polar surface area (TPSA) is 110 Å². The van der Waals surface area contributed by atoms with Crippen molar-refractivity contribution in [2.75, 3.05) is 6.54 Å². The Morgan fingerprint density at radius 2 is 2.40 bits per heavy atom. The van der Waals surface area contributed by atoms with E-state index in [1.54, 1.807) is 7.05 Å². The van der Waals surface area contributed by atoms with Crippen LogP contribution in [0.5, 0.6) is 0 Å². The number of amides is 2. The van der Waals surface area contributed by atoms with Crippen molar-refractivity contribution in [3.63, 3.8) is 0 Å². The first-order chi connectivity index (χ1) is 7.02. The zero-order chi connectivity index (χ0) is 11.4. The average molecular weight is 212 g/mol. The first kappa shape index (κ1) is 11.2. The maximum absolute atomic E-state index is 11.4. The molecule has 0 spiro atoms. The predicted octanol–water partition coefficient (Wildman–Crippen LogP) is -2.00. The number of aryl methyl sites for hydroxylation is 1. The first-order valence-electron chi connectivity index (χ1n) is 4.26. The Morgan fingerprint density at radius 1 is 1.73 bits per heavy atom. The van der Waals surface area contributed by atoms with Crippen molar-refractivity contribution in [3.8, 4) is 0 Å². The highest BCUT2D eigenvalue weighted by Crippen LogP contribution is 1.95. The van der Waals surface area contributed by atoms with Crippen LogP contribution in [-0.4, -0.2) is 39.4 Å². The fourth-order valence-electron chi connectivity index (χ4n) is 0.977. The lowest BCUT2D eigenvalue weighted by molar-refractivity contribution is -0.125. The van der Waals surface area contributed by atoms with Crippen LogP contribution in [-0.2, 0) is 11.8 Å². The number of nitrogens with two attached hydrogens (primary N) is 1. The van der Waals surface area contributed by atoms with Gasteiger partial charge in [0.25, 0.3) is 5.91 Å². The second-order valence-electron chi connectivity index (χ2n) is 2.97. The van der Waals surface area contributed by atoms with Gasteiger partial charge < -0.3 is 16.2 Å². The molecule has 0 radical (unpaired) electrons. The summed E-state index contributed by atoms with van der Waals surface area (Å²) in [6, 6.07) is 1.52. The summed E-state index contributed by atoms with van der Waals surface area (Å²) >= 11 is 0. The van der Waals surface area contributed by atoms with Gasteiger partial charge in [-0.25, -0.2) is 0 Å². The van der Waals surface area contributed by atoms with E-state index in [-0.39, 0.29) is 6.54 Å². The second-order valence-corrected chi connectivity index (χ2v) is 2.97. The van der Waals surface area contributed by atoms with Crippen LogP contribution in [0.1, 0.15) is 10.5 Å². The standard InChI is InChI=1S/C8H12N4O3/c1-12-5(2-3-11-12)8(15)10-4-6(13)7(9)14/h2-3,6,13H,4H2,1H3,(H2,9,14)(H,10,15). The van der Waals surface area contributed by atoms with Crippen molar-refractivity contribution in [2.24, 2.45) is 12.8 Å². The molecular weight excluding hydrogens is 200 g/mol. The van der Waals surface area contributed by atoms with Crippen molar-refractivity contribution < 1.29 is 14.7 Å². The van der Waals surface area contributed by atoms with Gasteiger partial charge in [-0.15, -0.1) is 0 Å². The minimum atomic E-state index is -1.37. The Bertz CT molecular complexity index is 374. The monoisotopic (exact) mass is 212 g/mol. The van der Waals surface area contributed by atoms with Gasteiger partial charge >= 0.3 is 0 Å². The highest BCUT2D eigenvalue weighted by atomic mass is 16.3. The zero-order valence-corrected chi connectivity index (χ0v) is 8.17. The third-order valence-corrected chi connectivity index (χ3v) is 1.84. The Morgan fingerprint density at radius 3 is 2.87 bits per heavy atom. The summed E-state index contributed by atoms with van der Waals surface area (Å²) in [6.45, 7) is -0.209. The Kier molecular flexibility index (Phi) is 3.40. The van der Waals surface area contributed by atoms with Gasteiger partial charge in [0.2, 0.25) is 5.91 Å².